The molecular weight excluding hydrogens is 276 g/mol. The van der Waals surface area contributed by atoms with Gasteiger partial charge in [0.2, 0.25) is 10.0 Å². The number of nitrogens with zero attached hydrogens (tertiary/aromatic N) is 1. The lowest BCUT2D eigenvalue weighted by Crippen LogP contribution is -2.63. The molecule has 0 aliphatic carbocycles. The molecule has 0 bridgehead atoms. The molecule has 1 aliphatic heterocycles. The Kier molecular flexibility index (Phi) is 3.83. The Morgan fingerprint density at radius 3 is 2.50 bits per heavy atom. The van der Waals surface area contributed by atoms with Crippen LogP contribution in [-0.4, -0.2) is 36.5 Å². The maximum absolute atomic E-state index is 12.7. The fourth-order valence-electron chi connectivity index (χ4n) is 2.77. The second-order valence-electron chi connectivity index (χ2n) is 5.67. The first kappa shape index (κ1) is 15.3. The summed E-state index contributed by atoms with van der Waals surface area (Å²) >= 11 is 0. The second-order valence-corrected chi connectivity index (χ2v) is 7.55. The van der Waals surface area contributed by atoms with Crippen LogP contribution in [-0.2, 0) is 10.0 Å². The quantitative estimate of drug-likeness (QED) is 0.824. The lowest BCUT2D eigenvalue weighted by Gasteiger charge is -2.45. The summed E-state index contributed by atoms with van der Waals surface area (Å²) in [6.07, 6.45) is 1.45. The minimum absolute atomic E-state index is 0.164. The predicted octanol–water partition coefficient (Wildman–Crippen LogP) is 1.42. The number of hydrogen-bond acceptors (Lipinski definition) is 4. The van der Waals surface area contributed by atoms with Crippen LogP contribution in [0.5, 0.6) is 0 Å². The average molecular weight is 298 g/mol. The van der Waals surface area contributed by atoms with Crippen molar-refractivity contribution in [1.82, 2.24) is 4.31 Å². The van der Waals surface area contributed by atoms with Crippen LogP contribution in [0.2, 0.25) is 0 Å². The van der Waals surface area contributed by atoms with Crippen LogP contribution in [0.3, 0.4) is 0 Å². The van der Waals surface area contributed by atoms with E-state index in [2.05, 4.69) is 0 Å². The smallest absolute Gasteiger partial charge is 0.243 e. The van der Waals surface area contributed by atoms with Gasteiger partial charge in [-0.05, 0) is 37.5 Å². The molecule has 0 unspecified atom stereocenters. The van der Waals surface area contributed by atoms with Gasteiger partial charge in [-0.15, -0.1) is 0 Å². The molecule has 112 valence electrons. The summed E-state index contributed by atoms with van der Waals surface area (Å²) in [6, 6.07) is 3.43. The van der Waals surface area contributed by atoms with Crippen LogP contribution in [0.4, 0.5) is 5.69 Å². The van der Waals surface area contributed by atoms with E-state index in [0.717, 1.165) is 6.42 Å². The van der Waals surface area contributed by atoms with E-state index in [9.17, 15) is 13.5 Å². The van der Waals surface area contributed by atoms with Crippen molar-refractivity contribution in [2.45, 2.75) is 44.1 Å². The number of sulfonamides is 1. The lowest BCUT2D eigenvalue weighted by molar-refractivity contribution is -0.0653. The second kappa shape index (κ2) is 5.02. The summed E-state index contributed by atoms with van der Waals surface area (Å²) < 4.78 is 26.7. The molecule has 0 aromatic heterocycles. The number of nitrogens with two attached hydrogens (primary N) is 1. The first-order valence-electron chi connectivity index (χ1n) is 6.79. The molecule has 3 N–H and O–H groups in total. The van der Waals surface area contributed by atoms with Gasteiger partial charge in [-0.3, -0.25) is 0 Å². The van der Waals surface area contributed by atoms with Crippen molar-refractivity contribution in [3.8, 4) is 0 Å². The number of aliphatic hydroxyl groups is 1. The maximum atomic E-state index is 12.7. The highest BCUT2D eigenvalue weighted by molar-refractivity contribution is 7.89. The molecule has 6 heteroatoms. The minimum Gasteiger partial charge on any atom is -0.398 e. The van der Waals surface area contributed by atoms with E-state index in [4.69, 9.17) is 5.73 Å². The van der Waals surface area contributed by atoms with Crippen molar-refractivity contribution in [2.24, 2.45) is 0 Å². The number of rotatable bonds is 4. The van der Waals surface area contributed by atoms with Crippen molar-refractivity contribution < 1.29 is 13.5 Å². The number of aryl methyl sites for hydroxylation is 1. The Morgan fingerprint density at radius 2 is 1.95 bits per heavy atom. The van der Waals surface area contributed by atoms with Crippen LogP contribution in [0.1, 0.15) is 30.9 Å². The summed E-state index contributed by atoms with van der Waals surface area (Å²) in [5.41, 5.74) is 6.68. The van der Waals surface area contributed by atoms with Crippen LogP contribution < -0.4 is 5.73 Å². The highest BCUT2D eigenvalue weighted by Gasteiger charge is 2.47. The van der Waals surface area contributed by atoms with Crippen LogP contribution in [0, 0.1) is 13.8 Å². The van der Waals surface area contributed by atoms with Gasteiger partial charge in [-0.2, -0.15) is 4.31 Å². The maximum Gasteiger partial charge on any atom is 0.243 e. The standard InChI is InChI=1S/C14H22N2O3S/c1-4-7-14(17)8-16(9-14)20(18,19)13-10(2)5-6-12(15)11(13)3/h5-6,17H,4,7-9,15H2,1-3H3. The van der Waals surface area contributed by atoms with Crippen LogP contribution >= 0.6 is 0 Å². The van der Waals surface area contributed by atoms with Crippen molar-refractivity contribution in [3.05, 3.63) is 23.3 Å². The van der Waals surface area contributed by atoms with Gasteiger partial charge in [0.15, 0.2) is 0 Å². The Labute approximate surface area is 120 Å². The molecule has 1 aliphatic rings. The molecule has 0 amide bonds. The fraction of sp³-hybridized carbons (Fsp3) is 0.571. The highest BCUT2D eigenvalue weighted by atomic mass is 32.2. The third-order valence-corrected chi connectivity index (χ3v) is 5.98. The van der Waals surface area contributed by atoms with Crippen LogP contribution in [0.25, 0.3) is 0 Å². The third-order valence-electron chi connectivity index (χ3n) is 3.90. The Morgan fingerprint density at radius 1 is 1.35 bits per heavy atom. The summed E-state index contributed by atoms with van der Waals surface area (Å²) in [4.78, 5) is 0.274. The minimum atomic E-state index is -3.58. The van der Waals surface area contributed by atoms with E-state index in [1.807, 2.05) is 6.92 Å². The summed E-state index contributed by atoms with van der Waals surface area (Å²) in [5.74, 6) is 0. The fourth-order valence-corrected chi connectivity index (χ4v) is 4.83. The van der Waals surface area contributed by atoms with E-state index in [1.165, 1.54) is 4.31 Å². The molecule has 5 nitrogen and oxygen atoms in total. The van der Waals surface area contributed by atoms with Crippen molar-refractivity contribution in [3.63, 3.8) is 0 Å². The molecule has 1 aromatic rings. The van der Waals surface area contributed by atoms with Gasteiger partial charge in [0.05, 0.1) is 10.5 Å². The van der Waals surface area contributed by atoms with Gasteiger partial charge in [0.25, 0.3) is 0 Å². The number of hydrogen-bond donors (Lipinski definition) is 2. The number of anilines is 1. The van der Waals surface area contributed by atoms with Crippen LogP contribution in [0.15, 0.2) is 17.0 Å². The molecule has 1 aromatic carbocycles. The van der Waals surface area contributed by atoms with Gasteiger partial charge in [0.1, 0.15) is 0 Å². The summed E-state index contributed by atoms with van der Waals surface area (Å²) in [5, 5.41) is 10.2. The molecular formula is C14H22N2O3S. The molecule has 2 rings (SSSR count). The molecule has 1 saturated heterocycles. The zero-order valence-corrected chi connectivity index (χ0v) is 13.0. The van der Waals surface area contributed by atoms with E-state index in [-0.39, 0.29) is 18.0 Å². The molecule has 1 heterocycles. The van der Waals surface area contributed by atoms with Crippen molar-refractivity contribution in [2.75, 3.05) is 18.8 Å². The number of β-amino-alcohol motifs (C(OH)–C–C–N with tert-alkyl or cyclic N) is 1. The first-order chi connectivity index (χ1) is 9.21. The molecule has 20 heavy (non-hydrogen) atoms. The zero-order valence-electron chi connectivity index (χ0n) is 12.2. The highest BCUT2D eigenvalue weighted by Crippen LogP contribution is 2.34. The Hall–Kier alpha value is -1.11. The monoisotopic (exact) mass is 298 g/mol. The Bertz CT molecular complexity index is 620. The molecule has 0 spiro atoms. The van der Waals surface area contributed by atoms with E-state index in [1.54, 1.807) is 26.0 Å². The van der Waals surface area contributed by atoms with E-state index in [0.29, 0.717) is 23.2 Å². The molecule has 1 fully saturated rings. The summed E-state index contributed by atoms with van der Waals surface area (Å²) in [6.45, 7) is 5.78. The average Bonchev–Trinajstić information content (AvgIpc) is 2.31. The normalized spacial score (nSPS) is 18.8. The van der Waals surface area contributed by atoms with Gasteiger partial charge in [0, 0.05) is 18.8 Å². The van der Waals surface area contributed by atoms with Crippen molar-refractivity contribution >= 4 is 15.7 Å². The zero-order chi connectivity index (χ0) is 15.1. The first-order valence-corrected chi connectivity index (χ1v) is 8.23. The molecule has 0 atom stereocenters. The molecule has 0 saturated carbocycles. The van der Waals surface area contributed by atoms with E-state index < -0.39 is 15.6 Å². The van der Waals surface area contributed by atoms with Gasteiger partial charge in [-0.25, -0.2) is 8.42 Å². The number of benzene rings is 1. The van der Waals surface area contributed by atoms with Crippen molar-refractivity contribution in [1.29, 1.82) is 0 Å². The van der Waals surface area contributed by atoms with Gasteiger partial charge >= 0.3 is 0 Å². The third kappa shape index (κ3) is 2.43. The van der Waals surface area contributed by atoms with Gasteiger partial charge < -0.3 is 10.8 Å². The number of nitrogen functional groups attached to an aromatic ring is 1. The van der Waals surface area contributed by atoms with E-state index >= 15 is 0 Å². The molecule has 0 radical (unpaired) electrons. The SMILES string of the molecule is CCCC1(O)CN(S(=O)(=O)c2c(C)ccc(N)c2C)C1. The lowest BCUT2D eigenvalue weighted by atomic mass is 9.92. The topological polar surface area (TPSA) is 83.6 Å². The summed E-state index contributed by atoms with van der Waals surface area (Å²) in [7, 11) is -3.58. The Balaban J connectivity index is 2.33. The van der Waals surface area contributed by atoms with Gasteiger partial charge in [-0.1, -0.05) is 19.4 Å². The predicted molar refractivity (Wildman–Crippen MR) is 78.9 cm³/mol. The largest absolute Gasteiger partial charge is 0.398 e.